The molecule has 0 radical (unpaired) electrons. The Morgan fingerprint density at radius 1 is 1.07 bits per heavy atom. The van der Waals surface area contributed by atoms with Crippen LogP contribution in [0.3, 0.4) is 0 Å². The summed E-state index contributed by atoms with van der Waals surface area (Å²) in [7, 11) is 0. The van der Waals surface area contributed by atoms with Crippen molar-refractivity contribution in [2.75, 3.05) is 0 Å². The first-order valence-corrected chi connectivity index (χ1v) is 5.91. The average Bonchev–Trinajstić information content (AvgIpc) is 2.00. The third-order valence-corrected chi connectivity index (χ3v) is 3.16. The van der Waals surface area contributed by atoms with Crippen LogP contribution in [-0.2, 0) is 0 Å². The van der Waals surface area contributed by atoms with E-state index in [-0.39, 0.29) is 0 Å². The lowest BCUT2D eigenvalue weighted by Crippen LogP contribution is -2.33. The topological polar surface area (TPSA) is 20.2 Å². The van der Waals surface area contributed by atoms with Crippen molar-refractivity contribution >= 4 is 0 Å². The van der Waals surface area contributed by atoms with E-state index in [9.17, 15) is 5.11 Å². The summed E-state index contributed by atoms with van der Waals surface area (Å²) >= 11 is 0. The molecule has 1 N–H and O–H groups in total. The Kier molecular flexibility index (Phi) is 5.14. The second-order valence-electron chi connectivity index (χ2n) is 6.11. The van der Waals surface area contributed by atoms with E-state index in [0.29, 0.717) is 11.3 Å². The van der Waals surface area contributed by atoms with Gasteiger partial charge < -0.3 is 5.11 Å². The molecule has 1 heteroatoms. The lowest BCUT2D eigenvalue weighted by atomic mass is 9.79. The lowest BCUT2D eigenvalue weighted by Gasteiger charge is -2.33. The van der Waals surface area contributed by atoms with E-state index in [1.54, 1.807) is 0 Å². The van der Waals surface area contributed by atoms with Gasteiger partial charge in [-0.2, -0.15) is 0 Å². The maximum absolute atomic E-state index is 10.3. The highest BCUT2D eigenvalue weighted by atomic mass is 16.3. The van der Waals surface area contributed by atoms with Crippen LogP contribution in [0, 0.1) is 11.3 Å². The maximum atomic E-state index is 10.3. The summed E-state index contributed by atoms with van der Waals surface area (Å²) in [6, 6.07) is 0. The Hall–Kier alpha value is -0.0400. The van der Waals surface area contributed by atoms with Crippen LogP contribution in [0.4, 0.5) is 0 Å². The van der Waals surface area contributed by atoms with Crippen LogP contribution >= 0.6 is 0 Å². The Labute approximate surface area is 89.9 Å². The van der Waals surface area contributed by atoms with Crippen LogP contribution in [0.2, 0.25) is 0 Å². The molecule has 0 amide bonds. The molecule has 0 saturated heterocycles. The number of hydrogen-bond acceptors (Lipinski definition) is 1. The van der Waals surface area contributed by atoms with Crippen molar-refractivity contribution in [3.05, 3.63) is 0 Å². The highest BCUT2D eigenvalue weighted by molar-refractivity contribution is 4.80. The molecule has 0 aromatic rings. The van der Waals surface area contributed by atoms with Crippen molar-refractivity contribution in [2.45, 2.75) is 72.8 Å². The molecule has 2 atom stereocenters. The second kappa shape index (κ2) is 5.16. The average molecular weight is 200 g/mol. The van der Waals surface area contributed by atoms with Gasteiger partial charge in [-0.05, 0) is 37.5 Å². The zero-order valence-corrected chi connectivity index (χ0v) is 10.9. The van der Waals surface area contributed by atoms with Gasteiger partial charge >= 0.3 is 0 Å². The smallest absolute Gasteiger partial charge is 0.0645 e. The van der Waals surface area contributed by atoms with Gasteiger partial charge in [-0.3, -0.25) is 0 Å². The Morgan fingerprint density at radius 3 is 1.93 bits per heavy atom. The predicted octanol–water partition coefficient (Wildman–Crippen LogP) is 4.00. The molecule has 0 saturated carbocycles. The van der Waals surface area contributed by atoms with Gasteiger partial charge in [-0.25, -0.2) is 0 Å². The highest BCUT2D eigenvalue weighted by Crippen LogP contribution is 2.31. The quantitative estimate of drug-likeness (QED) is 0.711. The van der Waals surface area contributed by atoms with Gasteiger partial charge in [0.05, 0.1) is 5.60 Å². The first-order valence-electron chi connectivity index (χ1n) is 5.91. The van der Waals surface area contributed by atoms with Gasteiger partial charge in [0.25, 0.3) is 0 Å². The number of aliphatic hydroxyl groups is 1. The molecule has 0 aromatic heterocycles. The third kappa shape index (κ3) is 5.64. The summed E-state index contributed by atoms with van der Waals surface area (Å²) in [5, 5.41) is 10.3. The minimum atomic E-state index is -0.483. The molecule has 1 nitrogen and oxygen atoms in total. The van der Waals surface area contributed by atoms with E-state index in [0.717, 1.165) is 25.7 Å². The molecule has 86 valence electrons. The van der Waals surface area contributed by atoms with Gasteiger partial charge in [0.2, 0.25) is 0 Å². The van der Waals surface area contributed by atoms with E-state index >= 15 is 0 Å². The van der Waals surface area contributed by atoms with Crippen LogP contribution in [0.5, 0.6) is 0 Å². The minimum Gasteiger partial charge on any atom is -0.390 e. The molecule has 0 aliphatic rings. The van der Waals surface area contributed by atoms with Crippen LogP contribution in [0.1, 0.15) is 67.2 Å². The first kappa shape index (κ1) is 14.0. The van der Waals surface area contributed by atoms with Crippen molar-refractivity contribution < 1.29 is 5.11 Å². The van der Waals surface area contributed by atoms with Gasteiger partial charge in [0.1, 0.15) is 0 Å². The van der Waals surface area contributed by atoms with Crippen LogP contribution in [0.15, 0.2) is 0 Å². The molecule has 0 fully saturated rings. The predicted molar refractivity (Wildman–Crippen MR) is 63.4 cm³/mol. The zero-order chi connectivity index (χ0) is 11.4. The molecule has 0 rings (SSSR count). The summed E-state index contributed by atoms with van der Waals surface area (Å²) in [5.74, 6) is 0.412. The fourth-order valence-electron chi connectivity index (χ4n) is 1.62. The molecule has 0 aliphatic heterocycles. The van der Waals surface area contributed by atoms with Gasteiger partial charge in [-0.15, -0.1) is 0 Å². The monoisotopic (exact) mass is 200 g/mol. The number of rotatable bonds is 5. The van der Waals surface area contributed by atoms with E-state index < -0.39 is 5.60 Å². The Bertz CT molecular complexity index is 153. The van der Waals surface area contributed by atoms with E-state index in [1.807, 2.05) is 6.92 Å². The summed E-state index contributed by atoms with van der Waals surface area (Å²) in [5.41, 5.74) is -0.154. The minimum absolute atomic E-state index is 0.329. The lowest BCUT2D eigenvalue weighted by molar-refractivity contribution is -0.0137. The van der Waals surface area contributed by atoms with E-state index in [2.05, 4.69) is 34.6 Å². The third-order valence-electron chi connectivity index (χ3n) is 3.16. The fourth-order valence-corrected chi connectivity index (χ4v) is 1.62. The molecular weight excluding hydrogens is 172 g/mol. The normalized spacial score (nSPS) is 19.1. The standard InChI is InChI=1S/C13H28O/c1-7-8-11(2)13(6,14)10-9-12(3,4)5/h11,14H,7-10H2,1-6H3. The summed E-state index contributed by atoms with van der Waals surface area (Å²) in [6.07, 6.45) is 4.29. The summed E-state index contributed by atoms with van der Waals surface area (Å²) in [4.78, 5) is 0. The van der Waals surface area contributed by atoms with E-state index in [1.165, 1.54) is 0 Å². The molecule has 0 bridgehead atoms. The summed E-state index contributed by atoms with van der Waals surface area (Å²) < 4.78 is 0. The summed E-state index contributed by atoms with van der Waals surface area (Å²) in [6.45, 7) is 13.0. The van der Waals surface area contributed by atoms with Crippen molar-refractivity contribution in [3.63, 3.8) is 0 Å². The molecule has 0 spiro atoms. The van der Waals surface area contributed by atoms with E-state index in [4.69, 9.17) is 0 Å². The maximum Gasteiger partial charge on any atom is 0.0645 e. The highest BCUT2D eigenvalue weighted by Gasteiger charge is 2.28. The molecule has 0 aromatic carbocycles. The van der Waals surface area contributed by atoms with Gasteiger partial charge in [0.15, 0.2) is 0 Å². The van der Waals surface area contributed by atoms with Crippen molar-refractivity contribution in [2.24, 2.45) is 11.3 Å². The Morgan fingerprint density at radius 2 is 1.57 bits per heavy atom. The number of hydrogen-bond donors (Lipinski definition) is 1. The zero-order valence-electron chi connectivity index (χ0n) is 10.9. The SMILES string of the molecule is CCCC(C)C(C)(O)CCC(C)(C)C. The molecule has 2 unspecified atom stereocenters. The molecular formula is C13H28O. The fraction of sp³-hybridized carbons (Fsp3) is 1.00. The second-order valence-corrected chi connectivity index (χ2v) is 6.11. The first-order chi connectivity index (χ1) is 6.19. The molecule has 0 aliphatic carbocycles. The van der Waals surface area contributed by atoms with Gasteiger partial charge in [0, 0.05) is 0 Å². The largest absolute Gasteiger partial charge is 0.390 e. The van der Waals surface area contributed by atoms with Gasteiger partial charge in [-0.1, -0.05) is 41.0 Å². The Balaban J connectivity index is 4.06. The molecule has 14 heavy (non-hydrogen) atoms. The van der Waals surface area contributed by atoms with Crippen molar-refractivity contribution in [1.29, 1.82) is 0 Å². The van der Waals surface area contributed by atoms with Crippen molar-refractivity contribution in [3.8, 4) is 0 Å². The van der Waals surface area contributed by atoms with Crippen LogP contribution in [0.25, 0.3) is 0 Å². The van der Waals surface area contributed by atoms with Crippen LogP contribution < -0.4 is 0 Å². The molecule has 0 heterocycles. The van der Waals surface area contributed by atoms with Crippen molar-refractivity contribution in [1.82, 2.24) is 0 Å². The van der Waals surface area contributed by atoms with Crippen LogP contribution in [-0.4, -0.2) is 10.7 Å².